The van der Waals surface area contributed by atoms with E-state index in [-0.39, 0.29) is 23.6 Å². The molecule has 2 N–H and O–H groups in total. The Bertz CT molecular complexity index is 608. The van der Waals surface area contributed by atoms with Crippen LogP contribution in [0.15, 0.2) is 17.5 Å². The number of carbonyl (C=O) groups is 3. The summed E-state index contributed by atoms with van der Waals surface area (Å²) in [4.78, 5) is 39.5. The SMILES string of the molecule is CCC(=O)N1CCC([C@H](NC(=O)c2cccs2)C(=O)NCC(C)C)CC1. The molecule has 1 aromatic heterocycles. The maximum atomic E-state index is 12.7. The molecule has 1 fully saturated rings. The molecule has 144 valence electrons. The summed E-state index contributed by atoms with van der Waals surface area (Å²) in [5, 5.41) is 7.72. The molecular weight excluding hydrogens is 350 g/mol. The number of rotatable bonds is 7. The maximum absolute atomic E-state index is 12.7. The van der Waals surface area contributed by atoms with E-state index >= 15 is 0 Å². The van der Waals surface area contributed by atoms with Crippen LogP contribution in [-0.2, 0) is 9.59 Å². The van der Waals surface area contributed by atoms with Crippen LogP contribution >= 0.6 is 11.3 Å². The minimum atomic E-state index is -0.567. The molecule has 2 rings (SSSR count). The molecule has 7 heteroatoms. The lowest BCUT2D eigenvalue weighted by atomic mass is 9.88. The largest absolute Gasteiger partial charge is 0.354 e. The molecule has 1 aromatic rings. The standard InChI is InChI=1S/C19H29N3O3S/c1-4-16(23)22-9-7-14(8-10-22)17(19(25)20-12-13(2)3)21-18(24)15-6-5-11-26-15/h5-6,11,13-14,17H,4,7-10,12H2,1-3H3,(H,20,25)(H,21,24)/t17-/m0/s1. The highest BCUT2D eigenvalue weighted by Crippen LogP contribution is 2.22. The third-order valence-corrected chi connectivity index (χ3v) is 5.53. The Hall–Kier alpha value is -1.89. The van der Waals surface area contributed by atoms with Gasteiger partial charge in [0, 0.05) is 26.1 Å². The third kappa shape index (κ3) is 5.56. The van der Waals surface area contributed by atoms with Crippen molar-refractivity contribution in [2.24, 2.45) is 11.8 Å². The van der Waals surface area contributed by atoms with Crippen molar-refractivity contribution in [3.05, 3.63) is 22.4 Å². The van der Waals surface area contributed by atoms with E-state index < -0.39 is 6.04 Å². The van der Waals surface area contributed by atoms with Gasteiger partial charge in [0.05, 0.1) is 4.88 Å². The van der Waals surface area contributed by atoms with E-state index in [1.807, 2.05) is 37.1 Å². The Morgan fingerprint density at radius 1 is 1.27 bits per heavy atom. The minimum Gasteiger partial charge on any atom is -0.354 e. The molecule has 0 bridgehead atoms. The van der Waals surface area contributed by atoms with Gasteiger partial charge in [0.2, 0.25) is 11.8 Å². The third-order valence-electron chi connectivity index (χ3n) is 4.66. The lowest BCUT2D eigenvalue weighted by Gasteiger charge is -2.35. The fourth-order valence-corrected chi connectivity index (χ4v) is 3.76. The number of carbonyl (C=O) groups excluding carboxylic acids is 3. The molecule has 1 aliphatic heterocycles. The van der Waals surface area contributed by atoms with Gasteiger partial charge in [-0.2, -0.15) is 0 Å². The predicted molar refractivity (Wildman–Crippen MR) is 103 cm³/mol. The monoisotopic (exact) mass is 379 g/mol. The molecule has 1 saturated heterocycles. The number of amides is 3. The van der Waals surface area contributed by atoms with Crippen LogP contribution in [0.4, 0.5) is 0 Å². The maximum Gasteiger partial charge on any atom is 0.262 e. The van der Waals surface area contributed by atoms with E-state index in [2.05, 4.69) is 10.6 Å². The zero-order valence-corrected chi connectivity index (χ0v) is 16.6. The minimum absolute atomic E-state index is 0.0342. The van der Waals surface area contributed by atoms with Crippen LogP contribution in [0, 0.1) is 11.8 Å². The molecule has 2 heterocycles. The molecule has 0 saturated carbocycles. The summed E-state index contributed by atoms with van der Waals surface area (Å²) >= 11 is 1.36. The predicted octanol–water partition coefficient (Wildman–Crippen LogP) is 2.27. The first-order valence-corrected chi connectivity index (χ1v) is 10.2. The number of thiophene rings is 1. The van der Waals surface area contributed by atoms with Gasteiger partial charge in [0.15, 0.2) is 0 Å². The second kappa shape index (κ2) is 9.71. The zero-order chi connectivity index (χ0) is 19.1. The molecule has 1 aliphatic rings. The van der Waals surface area contributed by atoms with Gasteiger partial charge in [-0.05, 0) is 36.1 Å². The molecule has 0 unspecified atom stereocenters. The number of hydrogen-bond donors (Lipinski definition) is 2. The molecule has 0 aliphatic carbocycles. The van der Waals surface area contributed by atoms with Crippen LogP contribution in [-0.4, -0.2) is 48.3 Å². The van der Waals surface area contributed by atoms with Gasteiger partial charge in [-0.1, -0.05) is 26.8 Å². The Morgan fingerprint density at radius 2 is 1.96 bits per heavy atom. The quantitative estimate of drug-likeness (QED) is 0.763. The summed E-state index contributed by atoms with van der Waals surface area (Å²) in [5.41, 5.74) is 0. The molecular formula is C19H29N3O3S. The van der Waals surface area contributed by atoms with E-state index in [1.54, 1.807) is 6.07 Å². The van der Waals surface area contributed by atoms with Gasteiger partial charge in [0.25, 0.3) is 5.91 Å². The van der Waals surface area contributed by atoms with E-state index in [9.17, 15) is 14.4 Å². The number of hydrogen-bond acceptors (Lipinski definition) is 4. The molecule has 0 radical (unpaired) electrons. The number of nitrogens with one attached hydrogen (secondary N) is 2. The van der Waals surface area contributed by atoms with Gasteiger partial charge in [-0.25, -0.2) is 0 Å². The van der Waals surface area contributed by atoms with Gasteiger partial charge in [0.1, 0.15) is 6.04 Å². The lowest BCUT2D eigenvalue weighted by Crippen LogP contribution is -2.54. The summed E-state index contributed by atoms with van der Waals surface area (Å²) in [6.45, 7) is 7.79. The van der Waals surface area contributed by atoms with Crippen molar-refractivity contribution in [2.75, 3.05) is 19.6 Å². The lowest BCUT2D eigenvalue weighted by molar-refractivity contribution is -0.132. The number of nitrogens with zero attached hydrogens (tertiary/aromatic N) is 1. The Labute approximate surface area is 159 Å². The van der Waals surface area contributed by atoms with Crippen LogP contribution in [0.2, 0.25) is 0 Å². The van der Waals surface area contributed by atoms with Crippen molar-refractivity contribution < 1.29 is 14.4 Å². The van der Waals surface area contributed by atoms with Crippen LogP contribution in [0.25, 0.3) is 0 Å². The highest BCUT2D eigenvalue weighted by Gasteiger charge is 2.33. The molecule has 1 atom stereocenters. The Morgan fingerprint density at radius 3 is 2.50 bits per heavy atom. The normalized spacial score (nSPS) is 16.4. The van der Waals surface area contributed by atoms with Crippen molar-refractivity contribution >= 4 is 29.1 Å². The van der Waals surface area contributed by atoms with Gasteiger partial charge < -0.3 is 15.5 Å². The highest BCUT2D eigenvalue weighted by atomic mass is 32.1. The average Bonchev–Trinajstić information content (AvgIpc) is 3.18. The molecule has 0 aromatic carbocycles. The van der Waals surface area contributed by atoms with Gasteiger partial charge in [-0.15, -0.1) is 11.3 Å². The highest BCUT2D eigenvalue weighted by molar-refractivity contribution is 7.12. The smallest absolute Gasteiger partial charge is 0.262 e. The summed E-state index contributed by atoms with van der Waals surface area (Å²) < 4.78 is 0. The first kappa shape index (κ1) is 20.4. The molecule has 6 nitrogen and oxygen atoms in total. The fraction of sp³-hybridized carbons (Fsp3) is 0.632. The van der Waals surface area contributed by atoms with E-state index in [4.69, 9.17) is 0 Å². The van der Waals surface area contributed by atoms with Crippen molar-refractivity contribution in [1.29, 1.82) is 0 Å². The first-order chi connectivity index (χ1) is 12.4. The zero-order valence-electron chi connectivity index (χ0n) is 15.8. The van der Waals surface area contributed by atoms with Crippen LogP contribution in [0.1, 0.15) is 49.7 Å². The van der Waals surface area contributed by atoms with Crippen molar-refractivity contribution in [2.45, 2.75) is 46.1 Å². The van der Waals surface area contributed by atoms with Gasteiger partial charge >= 0.3 is 0 Å². The summed E-state index contributed by atoms with van der Waals surface area (Å²) in [6.07, 6.45) is 1.94. The van der Waals surface area contributed by atoms with Gasteiger partial charge in [-0.3, -0.25) is 14.4 Å². The number of likely N-dealkylation sites (tertiary alicyclic amines) is 1. The van der Waals surface area contributed by atoms with Crippen LogP contribution in [0.5, 0.6) is 0 Å². The second-order valence-corrected chi connectivity index (χ2v) is 8.09. The fourth-order valence-electron chi connectivity index (χ4n) is 3.14. The Balaban J connectivity index is 2.04. The molecule has 26 heavy (non-hydrogen) atoms. The van der Waals surface area contributed by atoms with Crippen molar-refractivity contribution in [1.82, 2.24) is 15.5 Å². The summed E-state index contributed by atoms with van der Waals surface area (Å²) in [7, 11) is 0. The summed E-state index contributed by atoms with van der Waals surface area (Å²) in [5.74, 6) is 0.177. The van der Waals surface area contributed by atoms with Crippen molar-refractivity contribution in [3.8, 4) is 0 Å². The number of piperidine rings is 1. The van der Waals surface area contributed by atoms with Crippen LogP contribution in [0.3, 0.4) is 0 Å². The van der Waals surface area contributed by atoms with Crippen molar-refractivity contribution in [3.63, 3.8) is 0 Å². The summed E-state index contributed by atoms with van der Waals surface area (Å²) in [6, 6.07) is 3.01. The topological polar surface area (TPSA) is 78.5 Å². The van der Waals surface area contributed by atoms with Crippen LogP contribution < -0.4 is 10.6 Å². The van der Waals surface area contributed by atoms with E-state index in [0.717, 1.165) is 12.8 Å². The Kier molecular flexibility index (Phi) is 7.63. The van der Waals surface area contributed by atoms with E-state index in [1.165, 1.54) is 11.3 Å². The molecule has 0 spiro atoms. The molecule has 3 amide bonds. The first-order valence-electron chi connectivity index (χ1n) is 9.32. The second-order valence-electron chi connectivity index (χ2n) is 7.14. The average molecular weight is 380 g/mol. The van der Waals surface area contributed by atoms with E-state index in [0.29, 0.717) is 36.9 Å².